The largest absolute Gasteiger partial charge is 0.481 e. The SMILES string of the molecule is O=C(CC1(C(=O)O)CCCCC1)Nc1ccc(N2CCOC2=O)cc1. The first-order valence-electron chi connectivity index (χ1n) is 8.58. The molecule has 7 nitrogen and oxygen atoms in total. The van der Waals surface area contributed by atoms with Crippen LogP contribution in [0.15, 0.2) is 24.3 Å². The summed E-state index contributed by atoms with van der Waals surface area (Å²) in [5.74, 6) is -1.18. The summed E-state index contributed by atoms with van der Waals surface area (Å²) in [5, 5.41) is 12.3. The molecule has 1 aromatic carbocycles. The number of carboxylic acids is 1. The van der Waals surface area contributed by atoms with Gasteiger partial charge in [-0.15, -0.1) is 0 Å². The molecule has 0 spiro atoms. The van der Waals surface area contributed by atoms with E-state index in [9.17, 15) is 19.5 Å². The molecule has 1 aliphatic heterocycles. The number of amides is 2. The van der Waals surface area contributed by atoms with Crippen molar-refractivity contribution >= 4 is 29.3 Å². The number of benzene rings is 1. The van der Waals surface area contributed by atoms with Crippen molar-refractivity contribution in [3.05, 3.63) is 24.3 Å². The van der Waals surface area contributed by atoms with Gasteiger partial charge >= 0.3 is 12.1 Å². The number of hydrogen-bond donors (Lipinski definition) is 2. The van der Waals surface area contributed by atoms with Crippen molar-refractivity contribution < 1.29 is 24.2 Å². The second kappa shape index (κ2) is 7.13. The molecule has 7 heteroatoms. The Morgan fingerprint density at radius 2 is 1.84 bits per heavy atom. The van der Waals surface area contributed by atoms with Gasteiger partial charge in [0.25, 0.3) is 0 Å². The Morgan fingerprint density at radius 1 is 1.16 bits per heavy atom. The maximum absolute atomic E-state index is 12.3. The van der Waals surface area contributed by atoms with Crippen LogP contribution in [-0.2, 0) is 14.3 Å². The minimum Gasteiger partial charge on any atom is -0.481 e. The Hall–Kier alpha value is -2.57. The van der Waals surface area contributed by atoms with Crippen molar-refractivity contribution in [1.29, 1.82) is 0 Å². The molecule has 1 heterocycles. The summed E-state index contributed by atoms with van der Waals surface area (Å²) < 4.78 is 4.89. The molecule has 1 aromatic rings. The lowest BCUT2D eigenvalue weighted by Gasteiger charge is -2.32. The molecule has 1 saturated carbocycles. The Bertz CT molecular complexity index is 665. The van der Waals surface area contributed by atoms with Gasteiger partial charge in [0, 0.05) is 17.8 Å². The van der Waals surface area contributed by atoms with Gasteiger partial charge in [-0.25, -0.2) is 4.79 Å². The Balaban J connectivity index is 1.62. The molecule has 25 heavy (non-hydrogen) atoms. The number of rotatable bonds is 5. The molecule has 2 amide bonds. The molecule has 0 atom stereocenters. The summed E-state index contributed by atoms with van der Waals surface area (Å²) in [6, 6.07) is 6.87. The van der Waals surface area contributed by atoms with Gasteiger partial charge in [0.1, 0.15) is 6.61 Å². The molecule has 2 fully saturated rings. The van der Waals surface area contributed by atoms with E-state index in [1.165, 1.54) is 4.90 Å². The second-order valence-corrected chi connectivity index (χ2v) is 6.68. The summed E-state index contributed by atoms with van der Waals surface area (Å²) >= 11 is 0. The fourth-order valence-corrected chi connectivity index (χ4v) is 3.56. The first-order chi connectivity index (χ1) is 12.0. The van der Waals surface area contributed by atoms with Gasteiger partial charge in [-0.3, -0.25) is 14.5 Å². The zero-order valence-corrected chi connectivity index (χ0v) is 14.0. The van der Waals surface area contributed by atoms with Gasteiger partial charge in [-0.1, -0.05) is 19.3 Å². The van der Waals surface area contributed by atoms with Gasteiger partial charge in [-0.2, -0.15) is 0 Å². The highest BCUT2D eigenvalue weighted by molar-refractivity contribution is 5.95. The van der Waals surface area contributed by atoms with E-state index in [2.05, 4.69) is 5.32 Å². The monoisotopic (exact) mass is 346 g/mol. The van der Waals surface area contributed by atoms with E-state index in [1.807, 2.05) is 0 Å². The third kappa shape index (κ3) is 3.75. The Labute approximate surface area is 146 Å². The number of ether oxygens (including phenoxy) is 1. The minimum atomic E-state index is -0.943. The molecule has 2 aliphatic rings. The molecule has 134 valence electrons. The van der Waals surface area contributed by atoms with Crippen molar-refractivity contribution in [2.45, 2.75) is 38.5 Å². The predicted octanol–water partition coefficient (Wildman–Crippen LogP) is 3.01. The molecular formula is C18H22N2O5. The zero-order valence-electron chi connectivity index (χ0n) is 14.0. The summed E-state index contributed by atoms with van der Waals surface area (Å²) in [7, 11) is 0. The molecule has 1 saturated heterocycles. The van der Waals surface area contributed by atoms with Gasteiger partial charge in [0.15, 0.2) is 0 Å². The average molecular weight is 346 g/mol. The van der Waals surface area contributed by atoms with Crippen LogP contribution in [0.2, 0.25) is 0 Å². The highest BCUT2D eigenvalue weighted by atomic mass is 16.6. The number of carbonyl (C=O) groups excluding carboxylic acids is 2. The first kappa shape index (κ1) is 17.3. The number of carboxylic acid groups (broad SMARTS) is 1. The molecule has 2 N–H and O–H groups in total. The molecule has 1 aliphatic carbocycles. The molecule has 0 radical (unpaired) electrons. The van der Waals surface area contributed by atoms with E-state index in [-0.39, 0.29) is 18.4 Å². The second-order valence-electron chi connectivity index (χ2n) is 6.68. The van der Waals surface area contributed by atoms with Crippen LogP contribution in [0.4, 0.5) is 16.2 Å². The topological polar surface area (TPSA) is 95.9 Å². The molecule has 0 unspecified atom stereocenters. The zero-order chi connectivity index (χ0) is 17.9. The number of anilines is 2. The number of cyclic esters (lactones) is 1. The number of nitrogens with zero attached hydrogens (tertiary/aromatic N) is 1. The third-order valence-corrected chi connectivity index (χ3v) is 4.99. The summed E-state index contributed by atoms with van der Waals surface area (Å²) in [5.41, 5.74) is 0.342. The van der Waals surface area contributed by atoms with E-state index in [0.717, 1.165) is 19.3 Å². The van der Waals surface area contributed by atoms with Crippen LogP contribution < -0.4 is 10.2 Å². The highest BCUT2D eigenvalue weighted by Gasteiger charge is 2.41. The predicted molar refractivity (Wildman–Crippen MR) is 91.5 cm³/mol. The van der Waals surface area contributed by atoms with Crippen LogP contribution in [0, 0.1) is 5.41 Å². The van der Waals surface area contributed by atoms with Crippen LogP contribution in [0.1, 0.15) is 38.5 Å². The first-order valence-corrected chi connectivity index (χ1v) is 8.58. The highest BCUT2D eigenvalue weighted by Crippen LogP contribution is 2.39. The van der Waals surface area contributed by atoms with E-state index >= 15 is 0 Å². The molecule has 0 aromatic heterocycles. The standard InChI is InChI=1S/C18H22N2O5/c21-15(12-18(16(22)23)8-2-1-3-9-18)19-13-4-6-14(7-5-13)20-10-11-25-17(20)24/h4-7H,1-3,8-12H2,(H,19,21)(H,22,23). The molecular weight excluding hydrogens is 324 g/mol. The van der Waals surface area contributed by atoms with Gasteiger partial charge in [-0.05, 0) is 37.1 Å². The van der Waals surface area contributed by atoms with Gasteiger partial charge < -0.3 is 15.2 Å². The van der Waals surface area contributed by atoms with Crippen molar-refractivity contribution in [2.75, 3.05) is 23.4 Å². The summed E-state index contributed by atoms with van der Waals surface area (Å²) in [6.45, 7) is 0.875. The van der Waals surface area contributed by atoms with Crippen LogP contribution in [-0.4, -0.2) is 36.2 Å². The quantitative estimate of drug-likeness (QED) is 0.854. The average Bonchev–Trinajstić information content (AvgIpc) is 3.02. The van der Waals surface area contributed by atoms with Crippen LogP contribution in [0.5, 0.6) is 0 Å². The smallest absolute Gasteiger partial charge is 0.414 e. The van der Waals surface area contributed by atoms with E-state index in [1.54, 1.807) is 24.3 Å². The van der Waals surface area contributed by atoms with Crippen molar-refractivity contribution in [1.82, 2.24) is 0 Å². The fraction of sp³-hybridized carbons (Fsp3) is 0.500. The number of aliphatic carboxylic acids is 1. The van der Waals surface area contributed by atoms with Crippen LogP contribution in [0.25, 0.3) is 0 Å². The summed E-state index contributed by atoms with van der Waals surface area (Å²) in [4.78, 5) is 37.0. The lowest BCUT2D eigenvalue weighted by Crippen LogP contribution is -2.37. The van der Waals surface area contributed by atoms with E-state index < -0.39 is 11.4 Å². The Kier molecular flexibility index (Phi) is 4.92. The van der Waals surface area contributed by atoms with Crippen molar-refractivity contribution in [3.8, 4) is 0 Å². The van der Waals surface area contributed by atoms with Gasteiger partial charge in [0.2, 0.25) is 5.91 Å². The van der Waals surface area contributed by atoms with E-state index in [4.69, 9.17) is 4.74 Å². The molecule has 0 bridgehead atoms. The number of hydrogen-bond acceptors (Lipinski definition) is 4. The fourth-order valence-electron chi connectivity index (χ4n) is 3.56. The maximum atomic E-state index is 12.3. The maximum Gasteiger partial charge on any atom is 0.414 e. The van der Waals surface area contributed by atoms with Gasteiger partial charge in [0.05, 0.1) is 12.0 Å². The van der Waals surface area contributed by atoms with E-state index in [0.29, 0.717) is 37.4 Å². The van der Waals surface area contributed by atoms with Crippen LogP contribution in [0.3, 0.4) is 0 Å². The Morgan fingerprint density at radius 3 is 2.40 bits per heavy atom. The minimum absolute atomic E-state index is 0.0114. The third-order valence-electron chi connectivity index (χ3n) is 4.99. The lowest BCUT2D eigenvalue weighted by atomic mass is 9.71. The summed E-state index contributed by atoms with van der Waals surface area (Å²) in [6.07, 6.45) is 3.43. The van der Waals surface area contributed by atoms with Crippen molar-refractivity contribution in [3.63, 3.8) is 0 Å². The number of nitrogens with one attached hydrogen (secondary N) is 1. The van der Waals surface area contributed by atoms with Crippen LogP contribution >= 0.6 is 0 Å². The normalized spacial score (nSPS) is 19.4. The number of carbonyl (C=O) groups is 3. The van der Waals surface area contributed by atoms with Crippen molar-refractivity contribution in [2.24, 2.45) is 5.41 Å². The molecule has 3 rings (SSSR count). The lowest BCUT2D eigenvalue weighted by molar-refractivity contribution is -0.153.